The summed E-state index contributed by atoms with van der Waals surface area (Å²) < 4.78 is 6.36. The summed E-state index contributed by atoms with van der Waals surface area (Å²) in [5, 5.41) is 5.27. The number of carbonyl (C=O) groups excluding carboxylic acids is 1. The smallest absolute Gasteiger partial charge is 0.262 e. The molecule has 0 radical (unpaired) electrons. The molecule has 3 aromatic rings. The number of thiophene rings is 1. The third kappa shape index (κ3) is 5.20. The average molecular weight is 457 g/mol. The highest BCUT2D eigenvalue weighted by Crippen LogP contribution is 2.32. The number of carbonyl (C=O) groups is 1. The summed E-state index contributed by atoms with van der Waals surface area (Å²) in [5.74, 6) is 0.725. The van der Waals surface area contributed by atoms with Gasteiger partial charge in [-0.15, -0.1) is 11.3 Å². The number of nitrogens with one attached hydrogen (secondary N) is 1. The lowest BCUT2D eigenvalue weighted by atomic mass is 10.2. The molecule has 31 heavy (non-hydrogen) atoms. The molecule has 3 heterocycles. The molecule has 4 rings (SSSR count). The van der Waals surface area contributed by atoms with Crippen LogP contribution in [0.5, 0.6) is 5.75 Å². The third-order valence-corrected chi connectivity index (χ3v) is 6.23. The van der Waals surface area contributed by atoms with Crippen LogP contribution in [0.25, 0.3) is 0 Å². The SMILES string of the molecule is CNCCC(Oc1cccc(N2CCN(C)c3ccncc3C2=O)c1)c1cccs1.S. The Morgan fingerprint density at radius 2 is 2.10 bits per heavy atom. The van der Waals surface area contributed by atoms with Crippen molar-refractivity contribution in [3.05, 3.63) is 70.7 Å². The summed E-state index contributed by atoms with van der Waals surface area (Å²) >= 11 is 1.70. The summed E-state index contributed by atoms with van der Waals surface area (Å²) in [6, 6.07) is 13.9. The van der Waals surface area contributed by atoms with Gasteiger partial charge in [-0.25, -0.2) is 0 Å². The summed E-state index contributed by atoms with van der Waals surface area (Å²) in [6.07, 6.45) is 4.22. The van der Waals surface area contributed by atoms with Crippen LogP contribution >= 0.6 is 24.8 Å². The molecule has 6 nitrogen and oxygen atoms in total. The largest absolute Gasteiger partial charge is 0.485 e. The minimum absolute atomic E-state index is 0. The minimum Gasteiger partial charge on any atom is -0.485 e. The highest BCUT2D eigenvalue weighted by atomic mass is 32.1. The molecule has 1 amide bonds. The fraction of sp³-hybridized carbons (Fsp3) is 0.304. The summed E-state index contributed by atoms with van der Waals surface area (Å²) in [5.41, 5.74) is 2.37. The first-order valence-corrected chi connectivity index (χ1v) is 11.0. The number of rotatable bonds is 7. The van der Waals surface area contributed by atoms with Crippen LogP contribution in [0.1, 0.15) is 27.8 Å². The number of amides is 1. The Hall–Kier alpha value is -2.55. The van der Waals surface area contributed by atoms with E-state index < -0.39 is 0 Å². The van der Waals surface area contributed by atoms with Gasteiger partial charge in [-0.2, -0.15) is 13.5 Å². The molecule has 2 aromatic heterocycles. The predicted octanol–water partition coefficient (Wildman–Crippen LogP) is 4.08. The normalized spacial score (nSPS) is 14.5. The topological polar surface area (TPSA) is 57.7 Å². The van der Waals surface area contributed by atoms with E-state index in [1.165, 1.54) is 4.88 Å². The van der Waals surface area contributed by atoms with Crippen LogP contribution in [-0.2, 0) is 0 Å². The Kier molecular flexibility index (Phi) is 7.95. The van der Waals surface area contributed by atoms with Crippen molar-refractivity contribution in [2.24, 2.45) is 0 Å². The lowest BCUT2D eigenvalue weighted by Crippen LogP contribution is -2.33. The van der Waals surface area contributed by atoms with Crippen molar-refractivity contribution in [3.8, 4) is 5.75 Å². The van der Waals surface area contributed by atoms with Gasteiger partial charge in [-0.05, 0) is 43.2 Å². The van der Waals surface area contributed by atoms with E-state index in [9.17, 15) is 4.79 Å². The first-order chi connectivity index (χ1) is 14.7. The van der Waals surface area contributed by atoms with E-state index in [0.29, 0.717) is 12.1 Å². The molecular formula is C23H28N4O2S2. The number of benzene rings is 1. The Balaban J connectivity index is 0.00000272. The number of likely N-dealkylation sites (N-methyl/N-ethyl adjacent to an activating group) is 1. The number of fused-ring (bicyclic) bond motifs is 1. The highest BCUT2D eigenvalue weighted by molar-refractivity contribution is 7.59. The number of ether oxygens (including phenoxy) is 1. The van der Waals surface area contributed by atoms with E-state index in [1.54, 1.807) is 23.7 Å². The van der Waals surface area contributed by atoms with Gasteiger partial charge in [-0.1, -0.05) is 12.1 Å². The summed E-state index contributed by atoms with van der Waals surface area (Å²) in [7, 11) is 3.95. The molecule has 1 aliphatic rings. The molecule has 1 aromatic carbocycles. The van der Waals surface area contributed by atoms with Gasteiger partial charge >= 0.3 is 0 Å². The molecule has 1 atom stereocenters. The van der Waals surface area contributed by atoms with Crippen LogP contribution < -0.4 is 19.9 Å². The van der Waals surface area contributed by atoms with Gasteiger partial charge < -0.3 is 19.9 Å². The first kappa shape index (κ1) is 23.1. The van der Waals surface area contributed by atoms with Crippen molar-refractivity contribution < 1.29 is 9.53 Å². The zero-order chi connectivity index (χ0) is 20.9. The average Bonchev–Trinajstić information content (AvgIpc) is 3.27. The van der Waals surface area contributed by atoms with Gasteiger partial charge in [0.15, 0.2) is 0 Å². The molecule has 164 valence electrons. The standard InChI is InChI=1S/C23H26N4O2S.H2S/c1-24-10-9-21(22-7-4-14-30-22)29-18-6-3-5-17(15-18)27-13-12-26(2)20-8-11-25-16-19(20)23(27)28;/h3-8,11,14-16,21,24H,9-10,12-13H2,1-2H3;1H2. The predicted molar refractivity (Wildman–Crippen MR) is 132 cm³/mol. The van der Waals surface area contributed by atoms with E-state index in [-0.39, 0.29) is 25.5 Å². The molecule has 0 spiro atoms. The Morgan fingerprint density at radius 3 is 2.87 bits per heavy atom. The van der Waals surface area contributed by atoms with E-state index >= 15 is 0 Å². The second-order valence-electron chi connectivity index (χ2n) is 7.28. The molecular weight excluding hydrogens is 428 g/mol. The summed E-state index contributed by atoms with van der Waals surface area (Å²) in [6.45, 7) is 2.21. The first-order valence-electron chi connectivity index (χ1n) is 10.1. The van der Waals surface area contributed by atoms with Crippen molar-refractivity contribution in [1.82, 2.24) is 10.3 Å². The van der Waals surface area contributed by atoms with Crippen LogP contribution in [0.4, 0.5) is 11.4 Å². The van der Waals surface area contributed by atoms with E-state index in [0.717, 1.165) is 36.6 Å². The van der Waals surface area contributed by atoms with Crippen molar-refractivity contribution in [3.63, 3.8) is 0 Å². The van der Waals surface area contributed by atoms with Gasteiger partial charge in [0, 0.05) is 55.6 Å². The summed E-state index contributed by atoms with van der Waals surface area (Å²) in [4.78, 5) is 22.5. The monoisotopic (exact) mass is 456 g/mol. The highest BCUT2D eigenvalue weighted by Gasteiger charge is 2.26. The fourth-order valence-electron chi connectivity index (χ4n) is 3.65. The second kappa shape index (κ2) is 10.7. The van der Waals surface area contributed by atoms with E-state index in [4.69, 9.17) is 4.74 Å². The maximum Gasteiger partial charge on any atom is 0.262 e. The van der Waals surface area contributed by atoms with Gasteiger partial charge in [0.05, 0.1) is 11.3 Å². The maximum atomic E-state index is 13.3. The van der Waals surface area contributed by atoms with Crippen molar-refractivity contribution in [1.29, 1.82) is 0 Å². The number of pyridine rings is 1. The number of aromatic nitrogens is 1. The molecule has 1 N–H and O–H groups in total. The van der Waals surface area contributed by atoms with Crippen LogP contribution in [0.15, 0.2) is 60.2 Å². The minimum atomic E-state index is -0.0374. The fourth-order valence-corrected chi connectivity index (χ4v) is 4.44. The Labute approximate surface area is 194 Å². The molecule has 1 aliphatic heterocycles. The van der Waals surface area contributed by atoms with Crippen molar-refractivity contribution in [2.75, 3.05) is 43.5 Å². The van der Waals surface area contributed by atoms with Crippen LogP contribution in [0.3, 0.4) is 0 Å². The number of hydrogen-bond donors (Lipinski definition) is 1. The lowest BCUT2D eigenvalue weighted by molar-refractivity contribution is 0.0990. The zero-order valence-corrected chi connectivity index (χ0v) is 19.6. The number of nitrogens with zero attached hydrogens (tertiary/aromatic N) is 3. The molecule has 8 heteroatoms. The Morgan fingerprint density at radius 1 is 1.23 bits per heavy atom. The zero-order valence-electron chi connectivity index (χ0n) is 17.7. The van der Waals surface area contributed by atoms with Crippen molar-refractivity contribution in [2.45, 2.75) is 12.5 Å². The third-order valence-electron chi connectivity index (χ3n) is 5.27. The number of anilines is 2. The van der Waals surface area contributed by atoms with Gasteiger partial charge in [0.1, 0.15) is 11.9 Å². The maximum absolute atomic E-state index is 13.3. The molecule has 1 unspecified atom stereocenters. The van der Waals surface area contributed by atoms with Crippen molar-refractivity contribution >= 4 is 42.1 Å². The molecule has 0 saturated carbocycles. The molecule has 0 bridgehead atoms. The van der Waals surface area contributed by atoms with Crippen LogP contribution in [0.2, 0.25) is 0 Å². The van der Waals surface area contributed by atoms with E-state index in [1.807, 2.05) is 55.4 Å². The lowest BCUT2D eigenvalue weighted by Gasteiger charge is -2.23. The van der Waals surface area contributed by atoms with Crippen LogP contribution in [-0.4, -0.2) is 44.6 Å². The quantitative estimate of drug-likeness (QED) is 0.581. The molecule has 0 saturated heterocycles. The Bertz CT molecular complexity index is 997. The van der Waals surface area contributed by atoms with Gasteiger partial charge in [0.25, 0.3) is 5.91 Å². The molecule has 0 aliphatic carbocycles. The molecule has 0 fully saturated rings. The number of hydrogen-bond acceptors (Lipinski definition) is 6. The van der Waals surface area contributed by atoms with Gasteiger partial charge in [0.2, 0.25) is 0 Å². The van der Waals surface area contributed by atoms with Gasteiger partial charge in [-0.3, -0.25) is 9.78 Å². The van der Waals surface area contributed by atoms with E-state index in [2.05, 4.69) is 26.6 Å². The van der Waals surface area contributed by atoms with Crippen LogP contribution in [0, 0.1) is 0 Å². The second-order valence-corrected chi connectivity index (χ2v) is 8.26.